The first kappa shape index (κ1) is 13.4. The van der Waals surface area contributed by atoms with Crippen LogP contribution in [0, 0.1) is 5.82 Å². The van der Waals surface area contributed by atoms with E-state index in [9.17, 15) is 4.39 Å². The Morgan fingerprint density at radius 2 is 2.06 bits per heavy atom. The summed E-state index contributed by atoms with van der Waals surface area (Å²) in [5, 5.41) is 6.67. The van der Waals surface area contributed by atoms with Crippen molar-refractivity contribution >= 4 is 11.6 Å². The molecule has 0 saturated heterocycles. The van der Waals surface area contributed by atoms with Crippen LogP contribution in [0.2, 0.25) is 5.02 Å². The van der Waals surface area contributed by atoms with Gasteiger partial charge in [0.05, 0.1) is 5.02 Å². The van der Waals surface area contributed by atoms with Crippen LogP contribution in [0.25, 0.3) is 0 Å². The summed E-state index contributed by atoms with van der Waals surface area (Å²) in [5.41, 5.74) is 1.03. The summed E-state index contributed by atoms with van der Waals surface area (Å²) in [6.07, 6.45) is 0. The van der Waals surface area contributed by atoms with Crippen molar-refractivity contribution in [2.45, 2.75) is 25.9 Å². The Labute approximate surface area is 101 Å². The molecule has 0 heterocycles. The topological polar surface area (TPSA) is 24.1 Å². The molecule has 0 radical (unpaired) electrons. The number of halogens is 2. The van der Waals surface area contributed by atoms with Crippen molar-refractivity contribution in [3.63, 3.8) is 0 Å². The molecule has 0 amide bonds. The van der Waals surface area contributed by atoms with Crippen LogP contribution in [0.1, 0.15) is 19.4 Å². The molecular weight excluding hydrogens is 227 g/mol. The number of likely N-dealkylation sites (N-methyl/N-ethyl adjacent to an activating group) is 1. The summed E-state index contributed by atoms with van der Waals surface area (Å²) in [7, 11) is 1.93. The molecule has 1 aromatic carbocycles. The standard InChI is InChI=1S/C12H18ClFN2/c1-12(2,15-3)8-16-7-9-4-5-11(14)10(13)6-9/h4-6,15-16H,7-8H2,1-3H3. The monoisotopic (exact) mass is 244 g/mol. The molecule has 0 aromatic heterocycles. The SMILES string of the molecule is CNC(C)(C)CNCc1ccc(F)c(Cl)c1. The van der Waals surface area contributed by atoms with Crippen LogP contribution in [0.3, 0.4) is 0 Å². The van der Waals surface area contributed by atoms with Crippen LogP contribution in [0.5, 0.6) is 0 Å². The van der Waals surface area contributed by atoms with E-state index >= 15 is 0 Å². The Morgan fingerprint density at radius 1 is 1.38 bits per heavy atom. The normalized spacial score (nSPS) is 11.8. The van der Waals surface area contributed by atoms with Gasteiger partial charge >= 0.3 is 0 Å². The summed E-state index contributed by atoms with van der Waals surface area (Å²) in [6.45, 7) is 5.74. The minimum Gasteiger partial charge on any atom is -0.314 e. The molecule has 4 heteroatoms. The zero-order valence-corrected chi connectivity index (χ0v) is 10.7. The molecule has 0 aliphatic rings. The first-order chi connectivity index (χ1) is 7.44. The van der Waals surface area contributed by atoms with Crippen molar-refractivity contribution in [2.75, 3.05) is 13.6 Å². The Balaban J connectivity index is 2.46. The van der Waals surface area contributed by atoms with E-state index in [2.05, 4.69) is 24.5 Å². The zero-order valence-electron chi connectivity index (χ0n) is 9.90. The Morgan fingerprint density at radius 3 is 2.62 bits per heavy atom. The van der Waals surface area contributed by atoms with Crippen molar-refractivity contribution < 1.29 is 4.39 Å². The third-order valence-corrected chi connectivity index (χ3v) is 2.85. The fourth-order valence-electron chi connectivity index (χ4n) is 1.26. The highest BCUT2D eigenvalue weighted by molar-refractivity contribution is 6.30. The van der Waals surface area contributed by atoms with Gasteiger partial charge < -0.3 is 10.6 Å². The second kappa shape index (κ2) is 5.62. The maximum absolute atomic E-state index is 12.9. The Kier molecular flexibility index (Phi) is 4.71. The molecule has 0 aliphatic heterocycles. The fraction of sp³-hybridized carbons (Fsp3) is 0.500. The van der Waals surface area contributed by atoms with Crippen LogP contribution in [0.4, 0.5) is 4.39 Å². The summed E-state index contributed by atoms with van der Waals surface area (Å²) in [5.74, 6) is -0.374. The van der Waals surface area contributed by atoms with Crippen molar-refractivity contribution in [2.24, 2.45) is 0 Å². The van der Waals surface area contributed by atoms with E-state index in [1.165, 1.54) is 6.07 Å². The summed E-state index contributed by atoms with van der Waals surface area (Å²) in [6, 6.07) is 4.78. The highest BCUT2D eigenvalue weighted by Crippen LogP contribution is 2.15. The molecule has 0 fully saturated rings. The highest BCUT2D eigenvalue weighted by atomic mass is 35.5. The number of nitrogens with one attached hydrogen (secondary N) is 2. The molecule has 2 N–H and O–H groups in total. The minimum absolute atomic E-state index is 0.0455. The molecule has 2 nitrogen and oxygen atoms in total. The molecule has 0 aliphatic carbocycles. The first-order valence-electron chi connectivity index (χ1n) is 5.28. The second-order valence-electron chi connectivity index (χ2n) is 4.49. The van der Waals surface area contributed by atoms with Crippen LogP contribution < -0.4 is 10.6 Å². The Bertz CT molecular complexity index is 353. The van der Waals surface area contributed by atoms with E-state index in [1.54, 1.807) is 12.1 Å². The molecule has 0 unspecified atom stereocenters. The van der Waals surface area contributed by atoms with Gasteiger partial charge in [-0.3, -0.25) is 0 Å². The van der Waals surface area contributed by atoms with E-state index in [4.69, 9.17) is 11.6 Å². The average molecular weight is 245 g/mol. The largest absolute Gasteiger partial charge is 0.314 e. The average Bonchev–Trinajstić information content (AvgIpc) is 2.23. The van der Waals surface area contributed by atoms with Crippen molar-refractivity contribution in [3.8, 4) is 0 Å². The summed E-state index contributed by atoms with van der Waals surface area (Å²) < 4.78 is 12.9. The van der Waals surface area contributed by atoms with Gasteiger partial charge in [0.1, 0.15) is 5.82 Å². The lowest BCUT2D eigenvalue weighted by atomic mass is 10.1. The maximum atomic E-state index is 12.9. The maximum Gasteiger partial charge on any atom is 0.141 e. The number of hydrogen-bond acceptors (Lipinski definition) is 2. The number of benzene rings is 1. The third-order valence-electron chi connectivity index (χ3n) is 2.56. The van der Waals surface area contributed by atoms with Crippen LogP contribution in [-0.4, -0.2) is 19.1 Å². The fourth-order valence-corrected chi connectivity index (χ4v) is 1.46. The van der Waals surface area contributed by atoms with Gasteiger partial charge in [-0.05, 0) is 38.6 Å². The van der Waals surface area contributed by atoms with Gasteiger partial charge in [-0.25, -0.2) is 4.39 Å². The van der Waals surface area contributed by atoms with Crippen molar-refractivity contribution in [1.29, 1.82) is 0 Å². The van der Waals surface area contributed by atoms with Gasteiger partial charge in [-0.15, -0.1) is 0 Å². The van der Waals surface area contributed by atoms with Gasteiger partial charge in [-0.2, -0.15) is 0 Å². The van der Waals surface area contributed by atoms with E-state index in [-0.39, 0.29) is 16.4 Å². The van der Waals surface area contributed by atoms with Crippen LogP contribution in [-0.2, 0) is 6.54 Å². The molecule has 0 spiro atoms. The third kappa shape index (κ3) is 4.08. The van der Waals surface area contributed by atoms with Crippen molar-refractivity contribution in [3.05, 3.63) is 34.6 Å². The molecule has 0 atom stereocenters. The van der Waals surface area contributed by atoms with Crippen LogP contribution in [0.15, 0.2) is 18.2 Å². The van der Waals surface area contributed by atoms with E-state index in [1.807, 2.05) is 7.05 Å². The van der Waals surface area contributed by atoms with E-state index in [0.29, 0.717) is 6.54 Å². The minimum atomic E-state index is -0.374. The molecule has 16 heavy (non-hydrogen) atoms. The van der Waals surface area contributed by atoms with Crippen LogP contribution >= 0.6 is 11.6 Å². The van der Waals surface area contributed by atoms with Gasteiger partial charge in [-0.1, -0.05) is 17.7 Å². The van der Waals surface area contributed by atoms with Gasteiger partial charge in [0, 0.05) is 18.6 Å². The lowest BCUT2D eigenvalue weighted by Gasteiger charge is -2.24. The van der Waals surface area contributed by atoms with Gasteiger partial charge in [0.25, 0.3) is 0 Å². The zero-order chi connectivity index (χ0) is 12.2. The highest BCUT2D eigenvalue weighted by Gasteiger charge is 2.13. The van der Waals surface area contributed by atoms with E-state index in [0.717, 1.165) is 12.1 Å². The van der Waals surface area contributed by atoms with Gasteiger partial charge in [0.2, 0.25) is 0 Å². The lowest BCUT2D eigenvalue weighted by Crippen LogP contribution is -2.45. The van der Waals surface area contributed by atoms with Gasteiger partial charge in [0.15, 0.2) is 0 Å². The molecule has 90 valence electrons. The predicted octanol–water partition coefficient (Wildman–Crippen LogP) is 2.57. The molecule has 0 bridgehead atoms. The number of hydrogen-bond donors (Lipinski definition) is 2. The molecule has 1 rings (SSSR count). The van der Waals surface area contributed by atoms with E-state index < -0.39 is 0 Å². The first-order valence-corrected chi connectivity index (χ1v) is 5.66. The summed E-state index contributed by atoms with van der Waals surface area (Å²) >= 11 is 5.69. The molecule has 1 aromatic rings. The second-order valence-corrected chi connectivity index (χ2v) is 4.89. The number of rotatable bonds is 5. The molecule has 0 saturated carbocycles. The lowest BCUT2D eigenvalue weighted by molar-refractivity contribution is 0.393. The summed E-state index contributed by atoms with van der Waals surface area (Å²) in [4.78, 5) is 0. The Hall–Kier alpha value is -0.640. The van der Waals surface area contributed by atoms with Crippen molar-refractivity contribution in [1.82, 2.24) is 10.6 Å². The molecular formula is C12H18ClFN2. The quantitative estimate of drug-likeness (QED) is 0.832. The smallest absolute Gasteiger partial charge is 0.141 e. The predicted molar refractivity (Wildman–Crippen MR) is 66.3 cm³/mol.